The lowest BCUT2D eigenvalue weighted by molar-refractivity contribution is -0.140. The summed E-state index contributed by atoms with van der Waals surface area (Å²) in [6, 6.07) is 3.36. The molecule has 0 bridgehead atoms. The van der Waals surface area contributed by atoms with Gasteiger partial charge < -0.3 is 15.2 Å². The molecule has 0 aliphatic rings. The maximum absolute atomic E-state index is 12.8. The zero-order valence-corrected chi connectivity index (χ0v) is 9.87. The number of carboxylic acid groups (broad SMARTS) is 1. The van der Waals surface area contributed by atoms with Crippen LogP contribution in [0.25, 0.3) is 0 Å². The second-order valence-corrected chi connectivity index (χ2v) is 3.67. The molecule has 0 saturated heterocycles. The predicted octanol–water partition coefficient (Wildman–Crippen LogP) is 1.58. The maximum atomic E-state index is 12.8. The maximum Gasteiger partial charge on any atom is 0.324 e. The lowest BCUT2D eigenvalue weighted by Gasteiger charge is -2.15. The Kier molecular flexibility index (Phi) is 4.90. The zero-order valence-electron chi connectivity index (χ0n) is 9.87. The van der Waals surface area contributed by atoms with Crippen LogP contribution in [-0.4, -0.2) is 30.3 Å². The van der Waals surface area contributed by atoms with Crippen LogP contribution < -0.4 is 10.1 Å². The van der Waals surface area contributed by atoms with Crippen molar-refractivity contribution >= 4 is 5.97 Å². The number of nitrogens with one attached hydrogen (secondary N) is 1. The number of carbonyl (C=O) groups is 1. The van der Waals surface area contributed by atoms with Crippen molar-refractivity contribution in [3.63, 3.8) is 0 Å². The first-order chi connectivity index (χ1) is 8.04. The van der Waals surface area contributed by atoms with Gasteiger partial charge in [-0.3, -0.25) is 4.79 Å². The van der Waals surface area contributed by atoms with Crippen LogP contribution in [0.1, 0.15) is 12.5 Å². The molecule has 0 fully saturated rings. The predicted molar refractivity (Wildman–Crippen MR) is 61.7 cm³/mol. The number of carboxylic acids is 1. The third kappa shape index (κ3) is 4.03. The highest BCUT2D eigenvalue weighted by molar-refractivity contribution is 5.73. The molecule has 5 heteroatoms. The molecule has 2 N–H and O–H groups in total. The van der Waals surface area contributed by atoms with Gasteiger partial charge >= 0.3 is 5.97 Å². The van der Waals surface area contributed by atoms with Crippen molar-refractivity contribution < 1.29 is 19.0 Å². The summed E-state index contributed by atoms with van der Waals surface area (Å²) < 4.78 is 18.2. The average molecular weight is 241 g/mol. The molecule has 0 aliphatic carbocycles. The number of halogens is 1. The minimum atomic E-state index is -0.966. The molecular weight excluding hydrogens is 225 g/mol. The molecule has 94 valence electrons. The Morgan fingerprint density at radius 1 is 1.59 bits per heavy atom. The van der Waals surface area contributed by atoms with Gasteiger partial charge in [-0.2, -0.15) is 0 Å². The van der Waals surface area contributed by atoms with Crippen molar-refractivity contribution in [3.8, 4) is 5.75 Å². The van der Waals surface area contributed by atoms with E-state index < -0.39 is 12.0 Å². The Balaban J connectivity index is 2.62. The molecule has 1 aromatic rings. The molecule has 4 nitrogen and oxygen atoms in total. The van der Waals surface area contributed by atoms with Gasteiger partial charge in [-0.25, -0.2) is 4.39 Å². The van der Waals surface area contributed by atoms with Crippen LogP contribution in [-0.2, 0) is 4.79 Å². The van der Waals surface area contributed by atoms with E-state index in [-0.39, 0.29) is 12.4 Å². The van der Waals surface area contributed by atoms with Crippen molar-refractivity contribution in [2.45, 2.75) is 19.9 Å². The largest absolute Gasteiger partial charge is 0.491 e. The van der Waals surface area contributed by atoms with Crippen molar-refractivity contribution in [1.82, 2.24) is 5.32 Å². The molecule has 1 rings (SSSR count). The number of ether oxygens (including phenoxy) is 1. The Labute approximate surface area is 99.4 Å². The van der Waals surface area contributed by atoms with Crippen LogP contribution in [0.15, 0.2) is 18.2 Å². The first kappa shape index (κ1) is 13.4. The Morgan fingerprint density at radius 3 is 2.82 bits per heavy atom. The van der Waals surface area contributed by atoms with E-state index in [9.17, 15) is 9.18 Å². The van der Waals surface area contributed by atoms with E-state index in [1.807, 2.05) is 6.92 Å². The van der Waals surface area contributed by atoms with Crippen LogP contribution in [0.5, 0.6) is 5.75 Å². The van der Waals surface area contributed by atoms with Crippen molar-refractivity contribution in [3.05, 3.63) is 29.6 Å². The third-order valence-corrected chi connectivity index (χ3v) is 2.29. The smallest absolute Gasteiger partial charge is 0.324 e. The summed E-state index contributed by atoms with van der Waals surface area (Å²) in [4.78, 5) is 10.8. The summed E-state index contributed by atoms with van der Waals surface area (Å²) >= 11 is 0. The first-order valence-electron chi connectivity index (χ1n) is 5.39. The van der Waals surface area contributed by atoms with Gasteiger partial charge in [0, 0.05) is 0 Å². The molecule has 0 heterocycles. The number of hydrogen-bond acceptors (Lipinski definition) is 3. The molecule has 0 amide bonds. The van der Waals surface area contributed by atoms with Crippen molar-refractivity contribution in [2.75, 3.05) is 13.2 Å². The number of rotatable bonds is 6. The van der Waals surface area contributed by atoms with E-state index in [0.29, 0.717) is 17.9 Å². The Bertz CT molecular complexity index is 395. The molecule has 17 heavy (non-hydrogen) atoms. The van der Waals surface area contributed by atoms with E-state index in [1.165, 1.54) is 18.2 Å². The highest BCUT2D eigenvalue weighted by atomic mass is 19.1. The standard InChI is InChI=1S/C12H16FNO3/c1-3-14-10(12(15)16)7-17-11-5-4-9(13)6-8(11)2/h4-6,10,14H,3,7H2,1-2H3,(H,15,16). The molecule has 0 aliphatic heterocycles. The summed E-state index contributed by atoms with van der Waals surface area (Å²) in [7, 11) is 0. The molecule has 0 saturated carbocycles. The fraction of sp³-hybridized carbons (Fsp3) is 0.417. The lowest BCUT2D eigenvalue weighted by atomic mass is 10.2. The quantitative estimate of drug-likeness (QED) is 0.793. The third-order valence-electron chi connectivity index (χ3n) is 2.29. The SMILES string of the molecule is CCNC(COc1ccc(F)cc1C)C(=O)O. The van der Waals surface area contributed by atoms with E-state index in [0.717, 1.165) is 0 Å². The number of likely N-dealkylation sites (N-methyl/N-ethyl adjacent to an activating group) is 1. The fourth-order valence-corrected chi connectivity index (χ4v) is 1.41. The van der Waals surface area contributed by atoms with Gasteiger partial charge in [-0.1, -0.05) is 6.92 Å². The molecule has 1 unspecified atom stereocenters. The molecule has 0 aromatic heterocycles. The van der Waals surface area contributed by atoms with Gasteiger partial charge in [-0.05, 0) is 37.2 Å². The minimum Gasteiger partial charge on any atom is -0.491 e. The summed E-state index contributed by atoms with van der Waals surface area (Å²) in [5.74, 6) is -0.807. The van der Waals surface area contributed by atoms with Crippen molar-refractivity contribution in [1.29, 1.82) is 0 Å². The Morgan fingerprint density at radius 2 is 2.29 bits per heavy atom. The normalized spacial score (nSPS) is 12.2. The van der Waals surface area contributed by atoms with Crippen LogP contribution in [0.2, 0.25) is 0 Å². The topological polar surface area (TPSA) is 58.6 Å². The average Bonchev–Trinajstić information content (AvgIpc) is 2.25. The number of aryl methyl sites for hydroxylation is 1. The summed E-state index contributed by atoms with van der Waals surface area (Å²) in [6.07, 6.45) is 0. The van der Waals surface area contributed by atoms with Gasteiger partial charge in [-0.15, -0.1) is 0 Å². The summed E-state index contributed by atoms with van der Waals surface area (Å²) in [5.41, 5.74) is 0.644. The van der Waals surface area contributed by atoms with E-state index in [1.54, 1.807) is 6.92 Å². The number of aliphatic carboxylic acids is 1. The second kappa shape index (κ2) is 6.20. The van der Waals surface area contributed by atoms with Gasteiger partial charge in [0.1, 0.15) is 24.2 Å². The van der Waals surface area contributed by atoms with E-state index >= 15 is 0 Å². The highest BCUT2D eigenvalue weighted by Crippen LogP contribution is 2.18. The fourth-order valence-electron chi connectivity index (χ4n) is 1.41. The summed E-state index contributed by atoms with van der Waals surface area (Å²) in [5, 5.41) is 11.7. The summed E-state index contributed by atoms with van der Waals surface area (Å²) in [6.45, 7) is 4.08. The van der Waals surface area contributed by atoms with Crippen LogP contribution in [0.4, 0.5) is 4.39 Å². The molecule has 0 radical (unpaired) electrons. The molecular formula is C12H16FNO3. The zero-order chi connectivity index (χ0) is 12.8. The second-order valence-electron chi connectivity index (χ2n) is 3.67. The van der Waals surface area contributed by atoms with Crippen LogP contribution >= 0.6 is 0 Å². The van der Waals surface area contributed by atoms with Crippen LogP contribution in [0.3, 0.4) is 0 Å². The van der Waals surface area contributed by atoms with E-state index in [4.69, 9.17) is 9.84 Å². The minimum absolute atomic E-state index is 0.00957. The van der Waals surface area contributed by atoms with Crippen molar-refractivity contribution in [2.24, 2.45) is 0 Å². The van der Waals surface area contributed by atoms with Gasteiger partial charge in [0.15, 0.2) is 0 Å². The van der Waals surface area contributed by atoms with Gasteiger partial charge in [0.2, 0.25) is 0 Å². The Hall–Kier alpha value is -1.62. The van der Waals surface area contributed by atoms with E-state index in [2.05, 4.69) is 5.32 Å². The van der Waals surface area contributed by atoms with Gasteiger partial charge in [0.05, 0.1) is 0 Å². The lowest BCUT2D eigenvalue weighted by Crippen LogP contribution is -2.41. The monoisotopic (exact) mass is 241 g/mol. The first-order valence-corrected chi connectivity index (χ1v) is 5.39. The van der Waals surface area contributed by atoms with Crippen LogP contribution in [0, 0.1) is 12.7 Å². The highest BCUT2D eigenvalue weighted by Gasteiger charge is 2.17. The van der Waals surface area contributed by atoms with Gasteiger partial charge in [0.25, 0.3) is 0 Å². The number of hydrogen-bond donors (Lipinski definition) is 2. The molecule has 1 atom stereocenters. The molecule has 1 aromatic carbocycles. The molecule has 0 spiro atoms. The number of benzene rings is 1.